The number of benzene rings is 1. The fourth-order valence-corrected chi connectivity index (χ4v) is 1.28. The SMILES string of the molecule is CCC(N)COc1cccc(C(C)C)c1. The molecule has 0 fully saturated rings. The second-order valence-corrected chi connectivity index (χ2v) is 4.21. The largest absolute Gasteiger partial charge is 0.492 e. The molecule has 1 rings (SSSR count). The predicted octanol–water partition coefficient (Wildman–Crippen LogP) is 2.93. The Balaban J connectivity index is 2.58. The average Bonchev–Trinajstić information content (AvgIpc) is 2.26. The van der Waals surface area contributed by atoms with Gasteiger partial charge < -0.3 is 10.5 Å². The van der Waals surface area contributed by atoms with Crippen LogP contribution in [0.3, 0.4) is 0 Å². The first-order valence-corrected chi connectivity index (χ1v) is 5.61. The first-order valence-electron chi connectivity index (χ1n) is 5.61. The molecule has 2 nitrogen and oxygen atoms in total. The molecule has 0 heterocycles. The number of hydrogen-bond donors (Lipinski definition) is 1. The Kier molecular flexibility index (Phi) is 4.63. The highest BCUT2D eigenvalue weighted by atomic mass is 16.5. The van der Waals surface area contributed by atoms with E-state index in [4.69, 9.17) is 10.5 Å². The fourth-order valence-electron chi connectivity index (χ4n) is 1.28. The summed E-state index contributed by atoms with van der Waals surface area (Å²) in [6.07, 6.45) is 0.948. The van der Waals surface area contributed by atoms with E-state index in [0.717, 1.165) is 12.2 Å². The van der Waals surface area contributed by atoms with E-state index >= 15 is 0 Å². The van der Waals surface area contributed by atoms with Gasteiger partial charge in [-0.15, -0.1) is 0 Å². The molecule has 0 aliphatic carbocycles. The number of rotatable bonds is 5. The summed E-state index contributed by atoms with van der Waals surface area (Å²) in [6, 6.07) is 8.36. The van der Waals surface area contributed by atoms with Gasteiger partial charge in [-0.05, 0) is 30.0 Å². The van der Waals surface area contributed by atoms with Crippen LogP contribution >= 0.6 is 0 Å². The van der Waals surface area contributed by atoms with Crippen molar-refractivity contribution in [3.8, 4) is 5.75 Å². The third-order valence-corrected chi connectivity index (χ3v) is 2.51. The van der Waals surface area contributed by atoms with E-state index in [2.05, 4.69) is 32.9 Å². The van der Waals surface area contributed by atoms with E-state index in [1.807, 2.05) is 12.1 Å². The zero-order valence-corrected chi connectivity index (χ0v) is 9.86. The third kappa shape index (κ3) is 3.92. The normalized spacial score (nSPS) is 12.9. The Bertz CT molecular complexity index is 296. The zero-order valence-electron chi connectivity index (χ0n) is 9.86. The lowest BCUT2D eigenvalue weighted by Gasteiger charge is -2.12. The molecule has 0 amide bonds. The first kappa shape index (κ1) is 12.1. The molecular formula is C13H21NO. The summed E-state index contributed by atoms with van der Waals surface area (Å²) in [6.45, 7) is 7.02. The van der Waals surface area contributed by atoms with Crippen LogP contribution in [0.25, 0.3) is 0 Å². The van der Waals surface area contributed by atoms with Crippen molar-refractivity contribution in [1.82, 2.24) is 0 Å². The molecule has 0 bridgehead atoms. The van der Waals surface area contributed by atoms with Gasteiger partial charge in [-0.25, -0.2) is 0 Å². The Morgan fingerprint density at radius 1 is 1.33 bits per heavy atom. The molecule has 0 spiro atoms. The van der Waals surface area contributed by atoms with Crippen LogP contribution in [-0.4, -0.2) is 12.6 Å². The van der Waals surface area contributed by atoms with Gasteiger partial charge in [-0.3, -0.25) is 0 Å². The standard InChI is InChI=1S/C13H21NO/c1-4-12(14)9-15-13-7-5-6-11(8-13)10(2)3/h5-8,10,12H,4,9,14H2,1-3H3. The summed E-state index contributed by atoms with van der Waals surface area (Å²) in [5.74, 6) is 1.46. The van der Waals surface area contributed by atoms with Crippen molar-refractivity contribution in [3.05, 3.63) is 29.8 Å². The highest BCUT2D eigenvalue weighted by Crippen LogP contribution is 2.20. The van der Waals surface area contributed by atoms with Crippen LogP contribution in [0.2, 0.25) is 0 Å². The van der Waals surface area contributed by atoms with Crippen molar-refractivity contribution in [2.45, 2.75) is 39.2 Å². The summed E-state index contributed by atoms with van der Waals surface area (Å²) in [5, 5.41) is 0. The smallest absolute Gasteiger partial charge is 0.119 e. The lowest BCUT2D eigenvalue weighted by molar-refractivity contribution is 0.285. The van der Waals surface area contributed by atoms with Gasteiger partial charge in [0.2, 0.25) is 0 Å². The van der Waals surface area contributed by atoms with Crippen molar-refractivity contribution in [2.24, 2.45) is 5.73 Å². The van der Waals surface area contributed by atoms with Gasteiger partial charge in [0.1, 0.15) is 12.4 Å². The highest BCUT2D eigenvalue weighted by Gasteiger charge is 2.03. The van der Waals surface area contributed by atoms with Crippen molar-refractivity contribution in [1.29, 1.82) is 0 Å². The van der Waals surface area contributed by atoms with Gasteiger partial charge in [0.05, 0.1) is 0 Å². The topological polar surface area (TPSA) is 35.2 Å². The van der Waals surface area contributed by atoms with E-state index in [1.165, 1.54) is 5.56 Å². The summed E-state index contributed by atoms with van der Waals surface area (Å²) in [5.41, 5.74) is 7.10. The second kappa shape index (κ2) is 5.76. The molecule has 0 saturated carbocycles. The van der Waals surface area contributed by atoms with Crippen molar-refractivity contribution < 1.29 is 4.74 Å². The van der Waals surface area contributed by atoms with Crippen molar-refractivity contribution in [2.75, 3.05) is 6.61 Å². The minimum atomic E-state index is 0.132. The van der Waals surface area contributed by atoms with E-state index in [0.29, 0.717) is 12.5 Å². The average molecular weight is 207 g/mol. The fraction of sp³-hybridized carbons (Fsp3) is 0.538. The maximum atomic E-state index is 5.79. The van der Waals surface area contributed by atoms with E-state index in [9.17, 15) is 0 Å². The van der Waals surface area contributed by atoms with E-state index in [-0.39, 0.29) is 6.04 Å². The van der Waals surface area contributed by atoms with E-state index in [1.54, 1.807) is 0 Å². The van der Waals surface area contributed by atoms with Crippen LogP contribution in [-0.2, 0) is 0 Å². The molecule has 1 aromatic rings. The lowest BCUT2D eigenvalue weighted by atomic mass is 10.0. The highest BCUT2D eigenvalue weighted by molar-refractivity contribution is 5.30. The maximum Gasteiger partial charge on any atom is 0.119 e. The molecular weight excluding hydrogens is 186 g/mol. The Labute approximate surface area is 92.4 Å². The minimum Gasteiger partial charge on any atom is -0.492 e. The monoisotopic (exact) mass is 207 g/mol. The Morgan fingerprint density at radius 2 is 2.07 bits per heavy atom. The molecule has 0 aliphatic heterocycles. The predicted molar refractivity (Wildman–Crippen MR) is 64.3 cm³/mol. The number of hydrogen-bond acceptors (Lipinski definition) is 2. The van der Waals surface area contributed by atoms with Crippen LogP contribution in [0.1, 0.15) is 38.7 Å². The van der Waals surface area contributed by atoms with Gasteiger partial charge in [0.15, 0.2) is 0 Å². The van der Waals surface area contributed by atoms with Gasteiger partial charge in [0, 0.05) is 6.04 Å². The summed E-state index contributed by atoms with van der Waals surface area (Å²) >= 11 is 0. The van der Waals surface area contributed by atoms with Gasteiger partial charge in [0.25, 0.3) is 0 Å². The zero-order chi connectivity index (χ0) is 11.3. The molecule has 2 N–H and O–H groups in total. The van der Waals surface area contributed by atoms with Crippen LogP contribution < -0.4 is 10.5 Å². The molecule has 0 radical (unpaired) electrons. The molecule has 0 saturated heterocycles. The van der Waals surface area contributed by atoms with Crippen LogP contribution in [0, 0.1) is 0 Å². The quantitative estimate of drug-likeness (QED) is 0.805. The first-order chi connectivity index (χ1) is 7.13. The van der Waals surface area contributed by atoms with Crippen molar-refractivity contribution >= 4 is 0 Å². The molecule has 0 aromatic heterocycles. The number of ether oxygens (including phenoxy) is 1. The Morgan fingerprint density at radius 3 is 2.67 bits per heavy atom. The van der Waals surface area contributed by atoms with Crippen LogP contribution in [0.15, 0.2) is 24.3 Å². The lowest BCUT2D eigenvalue weighted by Crippen LogP contribution is -2.26. The molecule has 2 heteroatoms. The van der Waals surface area contributed by atoms with Crippen molar-refractivity contribution in [3.63, 3.8) is 0 Å². The van der Waals surface area contributed by atoms with Crippen LogP contribution in [0.5, 0.6) is 5.75 Å². The third-order valence-electron chi connectivity index (χ3n) is 2.51. The molecule has 1 unspecified atom stereocenters. The van der Waals surface area contributed by atoms with Gasteiger partial charge in [-0.1, -0.05) is 32.9 Å². The second-order valence-electron chi connectivity index (χ2n) is 4.21. The Hall–Kier alpha value is -1.02. The molecule has 1 atom stereocenters. The molecule has 0 aliphatic rings. The summed E-state index contributed by atoms with van der Waals surface area (Å²) in [7, 11) is 0. The molecule has 84 valence electrons. The summed E-state index contributed by atoms with van der Waals surface area (Å²) in [4.78, 5) is 0. The van der Waals surface area contributed by atoms with Gasteiger partial charge in [-0.2, -0.15) is 0 Å². The van der Waals surface area contributed by atoms with E-state index < -0.39 is 0 Å². The number of nitrogens with two attached hydrogens (primary N) is 1. The maximum absolute atomic E-state index is 5.79. The molecule has 1 aromatic carbocycles. The van der Waals surface area contributed by atoms with Gasteiger partial charge >= 0.3 is 0 Å². The minimum absolute atomic E-state index is 0.132. The van der Waals surface area contributed by atoms with Crippen LogP contribution in [0.4, 0.5) is 0 Å². The summed E-state index contributed by atoms with van der Waals surface area (Å²) < 4.78 is 5.62. The molecule has 15 heavy (non-hydrogen) atoms.